The molecular weight excluding hydrogens is 542 g/mol. The van der Waals surface area contributed by atoms with E-state index in [4.69, 9.17) is 37.8 Å². The summed E-state index contributed by atoms with van der Waals surface area (Å²) >= 11 is 12.7. The number of amides is 1. The van der Waals surface area contributed by atoms with E-state index < -0.39 is 11.5 Å². The SMILES string of the molecule is COc1cc2c(cc1-c1cc(C)cnc1F)-c1c(c(C(=O)N(C)C(C)(C)C)nn1-c1cc(Cl)cc(Cl)c1)CO2. The molecular formula is C29H27Cl2FN4O3. The lowest BCUT2D eigenvalue weighted by molar-refractivity contribution is 0.0646. The standard InChI is InChI=1S/C29H27Cl2FN4O3/c1-15-7-20(27(32)33-13-15)19-11-21-24(12-23(19)38-6)39-14-22-25(28(37)35(5)29(2,3)4)34-36(26(21)22)18-9-16(30)8-17(31)10-18/h7-13H,14H2,1-6H3. The number of pyridine rings is 1. The summed E-state index contributed by atoms with van der Waals surface area (Å²) in [7, 11) is 3.25. The van der Waals surface area contributed by atoms with Gasteiger partial charge in [-0.15, -0.1) is 0 Å². The average molecular weight is 569 g/mol. The molecule has 0 unspecified atom stereocenters. The molecule has 0 N–H and O–H groups in total. The summed E-state index contributed by atoms with van der Waals surface area (Å²) in [6.45, 7) is 7.77. The van der Waals surface area contributed by atoms with E-state index in [0.29, 0.717) is 49.6 Å². The van der Waals surface area contributed by atoms with Crippen LogP contribution < -0.4 is 9.47 Å². The third-order valence-corrected chi connectivity index (χ3v) is 7.22. The van der Waals surface area contributed by atoms with Gasteiger partial charge in [0.15, 0.2) is 5.69 Å². The molecule has 0 spiro atoms. The van der Waals surface area contributed by atoms with Gasteiger partial charge < -0.3 is 14.4 Å². The van der Waals surface area contributed by atoms with Crippen LogP contribution in [0.3, 0.4) is 0 Å². The zero-order chi connectivity index (χ0) is 28.2. The second-order valence-electron chi connectivity index (χ2n) is 10.4. The lowest BCUT2D eigenvalue weighted by Crippen LogP contribution is -2.43. The van der Waals surface area contributed by atoms with Crippen LogP contribution in [0, 0.1) is 12.9 Å². The minimum absolute atomic E-state index is 0.0958. The predicted molar refractivity (Wildman–Crippen MR) is 150 cm³/mol. The van der Waals surface area contributed by atoms with E-state index in [9.17, 15) is 9.18 Å². The number of halogens is 3. The Hall–Kier alpha value is -3.62. The van der Waals surface area contributed by atoms with Gasteiger partial charge in [0.2, 0.25) is 5.95 Å². The first kappa shape index (κ1) is 27.0. The Morgan fingerprint density at radius 1 is 1.08 bits per heavy atom. The highest BCUT2D eigenvalue weighted by molar-refractivity contribution is 6.34. The van der Waals surface area contributed by atoms with Crippen LogP contribution in [0.2, 0.25) is 10.0 Å². The molecule has 0 saturated heterocycles. The number of benzene rings is 2. The van der Waals surface area contributed by atoms with Crippen LogP contribution >= 0.6 is 23.2 Å². The number of rotatable bonds is 4. The molecule has 0 fully saturated rings. The maximum atomic E-state index is 14.9. The van der Waals surface area contributed by atoms with Gasteiger partial charge in [-0.05, 0) is 63.6 Å². The molecule has 2 aromatic carbocycles. The molecule has 0 atom stereocenters. The van der Waals surface area contributed by atoms with E-state index in [-0.39, 0.29) is 23.8 Å². The molecule has 0 bridgehead atoms. The van der Waals surface area contributed by atoms with Crippen LogP contribution in [-0.4, -0.2) is 45.3 Å². The quantitative estimate of drug-likeness (QED) is 0.245. The van der Waals surface area contributed by atoms with E-state index in [1.807, 2.05) is 27.7 Å². The number of nitrogens with zero attached hydrogens (tertiary/aromatic N) is 4. The molecule has 0 saturated carbocycles. The number of aryl methyl sites for hydroxylation is 1. The Labute approximate surface area is 236 Å². The van der Waals surface area contributed by atoms with E-state index in [0.717, 1.165) is 5.56 Å². The fraction of sp³-hybridized carbons (Fsp3) is 0.276. The zero-order valence-electron chi connectivity index (χ0n) is 22.4. The van der Waals surface area contributed by atoms with Crippen molar-refractivity contribution in [1.29, 1.82) is 0 Å². The Balaban J connectivity index is 1.81. The molecule has 3 heterocycles. The number of carbonyl (C=O) groups is 1. The van der Waals surface area contributed by atoms with Gasteiger partial charge in [0.1, 0.15) is 18.1 Å². The number of hydrogen-bond acceptors (Lipinski definition) is 5. The highest BCUT2D eigenvalue weighted by Crippen LogP contribution is 2.46. The maximum absolute atomic E-state index is 14.9. The number of methoxy groups -OCH3 is 1. The van der Waals surface area contributed by atoms with Gasteiger partial charge in [-0.1, -0.05) is 23.2 Å². The summed E-state index contributed by atoms with van der Waals surface area (Å²) in [6, 6.07) is 10.2. The maximum Gasteiger partial charge on any atom is 0.274 e. The van der Waals surface area contributed by atoms with Crippen molar-refractivity contribution in [3.8, 4) is 39.6 Å². The van der Waals surface area contributed by atoms with Gasteiger partial charge in [0.05, 0.1) is 18.5 Å². The summed E-state index contributed by atoms with van der Waals surface area (Å²) in [5.74, 6) is 0.0274. The van der Waals surface area contributed by atoms with Gasteiger partial charge in [0, 0.05) is 57.1 Å². The molecule has 202 valence electrons. The molecule has 1 aliphatic rings. The fourth-order valence-electron chi connectivity index (χ4n) is 4.48. The molecule has 4 aromatic rings. The number of carbonyl (C=O) groups excluding carboxylic acids is 1. The Morgan fingerprint density at radius 2 is 1.77 bits per heavy atom. The van der Waals surface area contributed by atoms with Crippen molar-refractivity contribution in [2.24, 2.45) is 0 Å². The first-order valence-corrected chi connectivity index (χ1v) is 13.0. The number of fused-ring (bicyclic) bond motifs is 3. The normalized spacial score (nSPS) is 12.4. The van der Waals surface area contributed by atoms with Gasteiger partial charge in [-0.25, -0.2) is 9.67 Å². The molecule has 0 aliphatic carbocycles. The highest BCUT2D eigenvalue weighted by Gasteiger charge is 2.35. The summed E-state index contributed by atoms with van der Waals surface area (Å²) < 4.78 is 28.3. The van der Waals surface area contributed by atoms with Crippen molar-refractivity contribution >= 4 is 29.1 Å². The number of ether oxygens (including phenoxy) is 2. The van der Waals surface area contributed by atoms with Gasteiger partial charge in [-0.2, -0.15) is 9.49 Å². The van der Waals surface area contributed by atoms with Crippen LogP contribution in [0.1, 0.15) is 42.4 Å². The topological polar surface area (TPSA) is 69.5 Å². The van der Waals surface area contributed by atoms with Crippen LogP contribution in [0.15, 0.2) is 42.6 Å². The molecule has 1 aliphatic heterocycles. The summed E-state index contributed by atoms with van der Waals surface area (Å²) in [4.78, 5) is 19.2. The Bertz CT molecular complexity index is 1610. The van der Waals surface area contributed by atoms with Crippen molar-refractivity contribution in [2.45, 2.75) is 39.8 Å². The van der Waals surface area contributed by atoms with Gasteiger partial charge in [-0.3, -0.25) is 4.79 Å². The molecule has 1 amide bonds. The third-order valence-electron chi connectivity index (χ3n) is 6.78. The molecule has 5 rings (SSSR count). The lowest BCUT2D eigenvalue weighted by Gasteiger charge is -2.31. The first-order chi connectivity index (χ1) is 18.4. The predicted octanol–water partition coefficient (Wildman–Crippen LogP) is 7.13. The van der Waals surface area contributed by atoms with Crippen LogP contribution in [0.25, 0.3) is 28.1 Å². The fourth-order valence-corrected chi connectivity index (χ4v) is 5.00. The Morgan fingerprint density at radius 3 is 2.41 bits per heavy atom. The minimum Gasteiger partial charge on any atom is -0.496 e. The van der Waals surface area contributed by atoms with Gasteiger partial charge in [0.25, 0.3) is 5.91 Å². The number of hydrogen-bond donors (Lipinski definition) is 0. The molecule has 2 aromatic heterocycles. The second-order valence-corrected chi connectivity index (χ2v) is 11.3. The summed E-state index contributed by atoms with van der Waals surface area (Å²) in [6.07, 6.45) is 1.46. The highest BCUT2D eigenvalue weighted by atomic mass is 35.5. The van der Waals surface area contributed by atoms with E-state index in [1.54, 1.807) is 53.0 Å². The van der Waals surface area contributed by atoms with Crippen molar-refractivity contribution in [3.63, 3.8) is 0 Å². The smallest absolute Gasteiger partial charge is 0.274 e. The van der Waals surface area contributed by atoms with Crippen molar-refractivity contribution in [2.75, 3.05) is 14.2 Å². The number of aromatic nitrogens is 3. The largest absolute Gasteiger partial charge is 0.496 e. The molecule has 10 heteroatoms. The minimum atomic E-state index is -0.631. The van der Waals surface area contributed by atoms with Crippen molar-refractivity contribution < 1.29 is 18.7 Å². The monoisotopic (exact) mass is 568 g/mol. The van der Waals surface area contributed by atoms with Crippen LogP contribution in [0.5, 0.6) is 11.5 Å². The first-order valence-electron chi connectivity index (χ1n) is 12.2. The third kappa shape index (κ3) is 4.83. The average Bonchev–Trinajstić information content (AvgIpc) is 3.27. The van der Waals surface area contributed by atoms with E-state index >= 15 is 0 Å². The summed E-state index contributed by atoms with van der Waals surface area (Å²) in [5, 5.41) is 5.59. The summed E-state index contributed by atoms with van der Waals surface area (Å²) in [5.41, 5.74) is 3.73. The molecule has 39 heavy (non-hydrogen) atoms. The van der Waals surface area contributed by atoms with E-state index in [2.05, 4.69) is 4.98 Å². The van der Waals surface area contributed by atoms with Crippen LogP contribution in [-0.2, 0) is 6.61 Å². The van der Waals surface area contributed by atoms with Crippen molar-refractivity contribution in [1.82, 2.24) is 19.7 Å². The second kappa shape index (κ2) is 9.84. The molecule has 7 nitrogen and oxygen atoms in total. The molecule has 0 radical (unpaired) electrons. The lowest BCUT2D eigenvalue weighted by atomic mass is 9.95. The van der Waals surface area contributed by atoms with Crippen molar-refractivity contribution in [3.05, 3.63) is 75.4 Å². The zero-order valence-corrected chi connectivity index (χ0v) is 23.9. The van der Waals surface area contributed by atoms with Gasteiger partial charge >= 0.3 is 0 Å². The van der Waals surface area contributed by atoms with E-state index in [1.165, 1.54) is 13.3 Å². The Kier molecular flexibility index (Phi) is 6.81. The van der Waals surface area contributed by atoms with Crippen LogP contribution in [0.4, 0.5) is 4.39 Å².